The molecule has 2 fully saturated rings. The van der Waals surface area contributed by atoms with Gasteiger partial charge in [-0.1, -0.05) is 36.0 Å². The minimum atomic E-state index is -2.48. The lowest BCUT2D eigenvalue weighted by molar-refractivity contribution is -0.0629. The molecule has 4 N–H and O–H groups in total. The van der Waals surface area contributed by atoms with E-state index in [9.17, 15) is 19.7 Å². The normalized spacial score (nSPS) is 33.7. The topological polar surface area (TPSA) is 138 Å². The molecule has 2 saturated carbocycles. The van der Waals surface area contributed by atoms with E-state index in [2.05, 4.69) is 25.6 Å². The summed E-state index contributed by atoms with van der Waals surface area (Å²) in [5, 5.41) is 41.8. The van der Waals surface area contributed by atoms with Gasteiger partial charge in [0.25, 0.3) is 0 Å². The van der Waals surface area contributed by atoms with Crippen LogP contribution in [0.1, 0.15) is 60.2 Å². The van der Waals surface area contributed by atoms with Crippen molar-refractivity contribution in [2.75, 3.05) is 24.2 Å². The zero-order chi connectivity index (χ0) is 32.5. The van der Waals surface area contributed by atoms with Crippen molar-refractivity contribution in [1.29, 1.82) is 0 Å². The minimum Gasteiger partial charge on any atom is -0.394 e. The van der Waals surface area contributed by atoms with Gasteiger partial charge >= 0.3 is 0 Å². The van der Waals surface area contributed by atoms with Crippen LogP contribution < -0.4 is 5.32 Å². The summed E-state index contributed by atoms with van der Waals surface area (Å²) in [6, 6.07) is -3.29. The molecule has 2 aliphatic carbocycles. The molecule has 2 heterocycles. The van der Waals surface area contributed by atoms with E-state index in [1.54, 1.807) is 6.92 Å². The van der Waals surface area contributed by atoms with E-state index in [0.29, 0.717) is 11.8 Å². The maximum atomic E-state index is 14.7. The predicted octanol–water partition coefficient (Wildman–Crippen LogP) is 2.18. The first-order valence-corrected chi connectivity index (χ1v) is 12.3. The van der Waals surface area contributed by atoms with Crippen LogP contribution in [-0.2, 0) is 4.74 Å². The summed E-state index contributed by atoms with van der Waals surface area (Å²) in [5.41, 5.74) is -2.12. The van der Waals surface area contributed by atoms with Crippen LogP contribution in [0.3, 0.4) is 0 Å². The van der Waals surface area contributed by atoms with Crippen molar-refractivity contribution in [3.05, 3.63) is 35.1 Å². The third-order valence-corrected chi connectivity index (χ3v) is 6.88. The minimum absolute atomic E-state index is 0.0176. The number of nitrogens with zero attached hydrogens (tertiary/aromatic N) is 5. The van der Waals surface area contributed by atoms with Gasteiger partial charge in [0.2, 0.25) is 0 Å². The van der Waals surface area contributed by atoms with Crippen LogP contribution in [-0.4, -0.2) is 83.5 Å². The summed E-state index contributed by atoms with van der Waals surface area (Å²) in [5.74, 6) is -2.61. The second-order valence-corrected chi connectivity index (χ2v) is 9.38. The molecule has 10 nitrogen and oxygen atoms in total. The quantitative estimate of drug-likeness (QED) is 0.230. The molecule has 5 rings (SSSR count). The number of nitrogens with one attached hydrogen (secondary N) is 1. The van der Waals surface area contributed by atoms with Crippen molar-refractivity contribution in [3.63, 3.8) is 0 Å². The zero-order valence-corrected chi connectivity index (χ0v) is 20.3. The molecule has 2 aromatic heterocycles. The molecule has 6 atom stereocenters. The van der Waals surface area contributed by atoms with E-state index in [0.717, 1.165) is 0 Å². The summed E-state index contributed by atoms with van der Waals surface area (Å²) >= 11 is 0.703. The standard InChI is InChI=1S/C24H31FN6O4S/c1-3-8-36-24-27-22(26-16-10-14(16)13-5-4-12(2)15(25)9-13)19-23(28-24)31(30-29-19)17-11-18(35-7-6-32)21(34)20(17)33/h4-5,9,14,16-18,20-21,32-34H,3,6-8,10-11H2,1-2H3,(H,26,27,28)/t14-,16+,17+,18-,20-,21+/m0/s1/i4D,5D,7D2,8D2,9D,14D. The first-order chi connectivity index (χ1) is 20.4. The van der Waals surface area contributed by atoms with Gasteiger partial charge in [0.05, 0.1) is 32.2 Å². The number of fused-ring (bicyclic) bond motifs is 1. The van der Waals surface area contributed by atoms with Crippen LogP contribution in [0.25, 0.3) is 11.2 Å². The molecule has 12 heteroatoms. The Labute approximate surface area is 223 Å². The Balaban J connectivity index is 1.53. The van der Waals surface area contributed by atoms with Gasteiger partial charge in [-0.05, 0) is 36.9 Å². The highest BCUT2D eigenvalue weighted by Gasteiger charge is 2.45. The monoisotopic (exact) mass is 526 g/mol. The third kappa shape index (κ3) is 4.92. The van der Waals surface area contributed by atoms with E-state index in [1.165, 1.54) is 11.6 Å². The number of aliphatic hydroxyl groups is 3. The molecule has 0 aliphatic heterocycles. The van der Waals surface area contributed by atoms with Gasteiger partial charge in [-0.15, -0.1) is 5.10 Å². The van der Waals surface area contributed by atoms with Crippen molar-refractivity contribution in [3.8, 4) is 0 Å². The Bertz CT molecular complexity index is 1580. The van der Waals surface area contributed by atoms with Crippen LogP contribution in [0.5, 0.6) is 0 Å². The number of aromatic nitrogens is 5. The highest BCUT2D eigenvalue weighted by atomic mass is 32.2. The number of hydrogen-bond donors (Lipinski definition) is 4. The van der Waals surface area contributed by atoms with Crippen LogP contribution in [0.15, 0.2) is 23.3 Å². The number of benzene rings is 1. The SMILES string of the molecule is [2H]c1c([2H])c([C@]2([2H])C[C@H]2Nc2nc(SC([2H])([2H])CC)nc3c2nnn3[C@@H]2C[C@H](OC([2H])([2H])CO)[C@@H](O)[C@H]2O)c([2H])c(F)c1C. The number of aliphatic hydroxyl groups excluding tert-OH is 3. The molecule has 3 aromatic rings. The van der Waals surface area contributed by atoms with Gasteiger partial charge in [-0.3, -0.25) is 0 Å². The third-order valence-electron chi connectivity index (χ3n) is 6.08. The Morgan fingerprint density at radius 1 is 1.33 bits per heavy atom. The summed E-state index contributed by atoms with van der Waals surface area (Å²) in [4.78, 5) is 8.81. The highest BCUT2D eigenvalue weighted by molar-refractivity contribution is 7.99. The molecule has 1 aromatic carbocycles. The largest absolute Gasteiger partial charge is 0.394 e. The summed E-state index contributed by atoms with van der Waals surface area (Å²) < 4.78 is 86.4. The van der Waals surface area contributed by atoms with E-state index in [-0.39, 0.29) is 52.5 Å². The number of rotatable bonds is 10. The second-order valence-electron chi connectivity index (χ2n) is 8.52. The molecular weight excluding hydrogens is 487 g/mol. The molecule has 0 bridgehead atoms. The molecule has 194 valence electrons. The van der Waals surface area contributed by atoms with Crippen molar-refractivity contribution >= 4 is 28.7 Å². The number of anilines is 1. The Morgan fingerprint density at radius 2 is 2.17 bits per heavy atom. The Hall–Kier alpha value is -2.38. The van der Waals surface area contributed by atoms with Crippen molar-refractivity contribution in [2.45, 2.75) is 74.6 Å². The fourth-order valence-electron chi connectivity index (χ4n) is 4.13. The Kier molecular flexibility index (Phi) is 5.03. The summed E-state index contributed by atoms with van der Waals surface area (Å²) in [6.07, 6.45) is -4.28. The van der Waals surface area contributed by atoms with E-state index in [1.807, 2.05) is 0 Å². The zero-order valence-electron chi connectivity index (χ0n) is 27.5. The molecule has 0 saturated heterocycles. The molecule has 0 amide bonds. The van der Waals surface area contributed by atoms with Gasteiger partial charge in [-0.2, -0.15) is 0 Å². The van der Waals surface area contributed by atoms with Gasteiger partial charge in [-0.25, -0.2) is 19.0 Å². The van der Waals surface area contributed by atoms with E-state index in [4.69, 9.17) is 15.7 Å². The van der Waals surface area contributed by atoms with Crippen molar-refractivity contribution in [2.24, 2.45) is 0 Å². The number of halogens is 1. The lowest BCUT2D eigenvalue weighted by atomic mass is 10.1. The fourth-order valence-corrected chi connectivity index (χ4v) is 4.68. The van der Waals surface area contributed by atoms with Gasteiger partial charge in [0.1, 0.15) is 18.0 Å². The van der Waals surface area contributed by atoms with Crippen molar-refractivity contribution in [1.82, 2.24) is 25.0 Å². The summed E-state index contributed by atoms with van der Waals surface area (Å²) in [7, 11) is 0. The number of thioether (sulfide) groups is 1. The molecule has 36 heavy (non-hydrogen) atoms. The van der Waals surface area contributed by atoms with E-state index < -0.39 is 79.1 Å². The van der Waals surface area contributed by atoms with Crippen molar-refractivity contribution < 1.29 is 35.4 Å². The van der Waals surface area contributed by atoms with Crippen LogP contribution in [0.4, 0.5) is 10.2 Å². The molecule has 0 radical (unpaired) electrons. The first-order valence-electron chi connectivity index (χ1n) is 15.4. The first kappa shape index (κ1) is 17.2. The molecule has 0 spiro atoms. The van der Waals surface area contributed by atoms with Crippen LogP contribution in [0.2, 0.25) is 0 Å². The average Bonchev–Trinajstić information content (AvgIpc) is 3.28. The molecule has 0 unspecified atom stereocenters. The summed E-state index contributed by atoms with van der Waals surface area (Å²) in [6.45, 7) is -0.532. The number of ether oxygens (including phenoxy) is 1. The van der Waals surface area contributed by atoms with Crippen LogP contribution in [0, 0.1) is 12.7 Å². The molecule has 2 aliphatic rings. The highest BCUT2D eigenvalue weighted by Crippen LogP contribution is 2.44. The maximum Gasteiger partial charge on any atom is 0.191 e. The van der Waals surface area contributed by atoms with E-state index >= 15 is 0 Å². The van der Waals surface area contributed by atoms with Gasteiger partial charge in [0, 0.05) is 28.2 Å². The van der Waals surface area contributed by atoms with Crippen LogP contribution >= 0.6 is 11.8 Å². The smallest absolute Gasteiger partial charge is 0.191 e. The second kappa shape index (κ2) is 10.5. The predicted molar refractivity (Wildman–Crippen MR) is 133 cm³/mol. The lowest BCUT2D eigenvalue weighted by Gasteiger charge is -2.17. The Morgan fingerprint density at radius 3 is 2.94 bits per heavy atom. The lowest BCUT2D eigenvalue weighted by Crippen LogP contribution is -2.33. The fraction of sp³-hybridized carbons (Fsp3) is 0.583. The maximum absolute atomic E-state index is 14.7. The number of hydrogen-bond acceptors (Lipinski definition) is 10. The molecular formula is C24H31FN6O4S. The van der Waals surface area contributed by atoms with Gasteiger partial charge < -0.3 is 25.4 Å². The average molecular weight is 527 g/mol. The van der Waals surface area contributed by atoms with Gasteiger partial charge in [0.15, 0.2) is 22.1 Å².